The molecule has 0 fully saturated rings. The number of aromatic nitrogens is 2. The highest BCUT2D eigenvalue weighted by molar-refractivity contribution is 6.30. The van der Waals surface area contributed by atoms with E-state index in [9.17, 15) is 4.79 Å². The van der Waals surface area contributed by atoms with Crippen LogP contribution < -0.4 is 5.32 Å². The number of hydrogen-bond acceptors (Lipinski definition) is 3. The summed E-state index contributed by atoms with van der Waals surface area (Å²) in [5.41, 5.74) is 3.60. The third-order valence-electron chi connectivity index (χ3n) is 3.30. The maximum absolute atomic E-state index is 12.3. The van der Waals surface area contributed by atoms with Crippen molar-refractivity contribution in [2.24, 2.45) is 0 Å². The smallest absolute Gasteiger partial charge is 0.274 e. The van der Waals surface area contributed by atoms with Gasteiger partial charge in [0.1, 0.15) is 12.0 Å². The molecule has 0 spiro atoms. The number of carbonyl (C=O) groups is 1. The molecule has 0 unspecified atom stereocenters. The van der Waals surface area contributed by atoms with E-state index in [1.807, 2.05) is 43.3 Å². The number of amides is 1. The summed E-state index contributed by atoms with van der Waals surface area (Å²) in [4.78, 5) is 20.6. The molecule has 0 saturated heterocycles. The summed E-state index contributed by atoms with van der Waals surface area (Å²) < 4.78 is 0. The van der Waals surface area contributed by atoms with Crippen LogP contribution in [0.1, 0.15) is 16.1 Å². The third kappa shape index (κ3) is 3.73. The second-order valence-electron chi connectivity index (χ2n) is 5.12. The van der Waals surface area contributed by atoms with Gasteiger partial charge in [-0.2, -0.15) is 0 Å². The standard InChI is InChI=1S/C18H14ClN3O/c1-12-4-2-7-15(8-12)22-18(23)17-10-16(20-11-21-17)13-5-3-6-14(19)9-13/h2-11H,1H3,(H,22,23). The summed E-state index contributed by atoms with van der Waals surface area (Å²) >= 11 is 6.00. The predicted octanol–water partition coefficient (Wildman–Crippen LogP) is 4.36. The number of rotatable bonds is 3. The zero-order valence-electron chi connectivity index (χ0n) is 12.5. The van der Waals surface area contributed by atoms with E-state index in [2.05, 4.69) is 15.3 Å². The van der Waals surface area contributed by atoms with E-state index in [0.717, 1.165) is 16.8 Å². The minimum atomic E-state index is -0.277. The number of hydrogen-bond donors (Lipinski definition) is 1. The molecule has 1 heterocycles. The van der Waals surface area contributed by atoms with E-state index in [1.165, 1.54) is 6.33 Å². The van der Waals surface area contributed by atoms with Crippen LogP contribution in [0, 0.1) is 6.92 Å². The molecule has 3 rings (SSSR count). The number of benzene rings is 2. The van der Waals surface area contributed by atoms with Gasteiger partial charge in [-0.3, -0.25) is 4.79 Å². The molecule has 0 aliphatic carbocycles. The van der Waals surface area contributed by atoms with Gasteiger partial charge < -0.3 is 5.32 Å². The molecule has 23 heavy (non-hydrogen) atoms. The number of nitrogens with zero attached hydrogens (tertiary/aromatic N) is 2. The molecule has 1 aromatic heterocycles. The molecule has 2 aromatic carbocycles. The lowest BCUT2D eigenvalue weighted by atomic mass is 10.1. The molecule has 114 valence electrons. The Balaban J connectivity index is 1.86. The van der Waals surface area contributed by atoms with Gasteiger partial charge in [-0.1, -0.05) is 35.9 Å². The van der Waals surface area contributed by atoms with Crippen molar-refractivity contribution in [1.82, 2.24) is 9.97 Å². The van der Waals surface area contributed by atoms with E-state index in [-0.39, 0.29) is 5.91 Å². The van der Waals surface area contributed by atoms with Crippen LogP contribution in [0.15, 0.2) is 60.9 Å². The lowest BCUT2D eigenvalue weighted by Gasteiger charge is -2.07. The van der Waals surface area contributed by atoms with Gasteiger partial charge in [0.05, 0.1) is 5.69 Å². The number of anilines is 1. The lowest BCUT2D eigenvalue weighted by Crippen LogP contribution is -2.14. The Morgan fingerprint density at radius 3 is 2.65 bits per heavy atom. The van der Waals surface area contributed by atoms with Crippen molar-refractivity contribution < 1.29 is 4.79 Å². The van der Waals surface area contributed by atoms with E-state index < -0.39 is 0 Å². The van der Waals surface area contributed by atoms with E-state index in [0.29, 0.717) is 16.4 Å². The third-order valence-corrected chi connectivity index (χ3v) is 3.53. The Kier molecular flexibility index (Phi) is 4.35. The second kappa shape index (κ2) is 6.58. The summed E-state index contributed by atoms with van der Waals surface area (Å²) in [6.45, 7) is 1.97. The van der Waals surface area contributed by atoms with Crippen LogP contribution in [0.5, 0.6) is 0 Å². The minimum Gasteiger partial charge on any atom is -0.321 e. The highest BCUT2D eigenvalue weighted by atomic mass is 35.5. The fourth-order valence-electron chi connectivity index (χ4n) is 2.21. The summed E-state index contributed by atoms with van der Waals surface area (Å²) in [5, 5.41) is 3.45. The number of carbonyl (C=O) groups excluding carboxylic acids is 1. The van der Waals surface area contributed by atoms with E-state index in [1.54, 1.807) is 18.2 Å². The van der Waals surface area contributed by atoms with E-state index >= 15 is 0 Å². The fraction of sp³-hybridized carbons (Fsp3) is 0.0556. The van der Waals surface area contributed by atoms with Crippen molar-refractivity contribution in [3.63, 3.8) is 0 Å². The van der Waals surface area contributed by atoms with Crippen LogP contribution >= 0.6 is 11.6 Å². The molecule has 0 atom stereocenters. The van der Waals surface area contributed by atoms with Gasteiger partial charge in [0.2, 0.25) is 0 Å². The van der Waals surface area contributed by atoms with Crippen molar-refractivity contribution >= 4 is 23.2 Å². The van der Waals surface area contributed by atoms with Crippen LogP contribution in [-0.2, 0) is 0 Å². The van der Waals surface area contributed by atoms with Gasteiger partial charge in [0.15, 0.2) is 0 Å². The fourth-order valence-corrected chi connectivity index (χ4v) is 2.40. The number of halogens is 1. The first-order chi connectivity index (χ1) is 11.1. The summed E-state index contributed by atoms with van der Waals surface area (Å²) in [5.74, 6) is -0.277. The SMILES string of the molecule is Cc1cccc(NC(=O)c2cc(-c3cccc(Cl)c3)ncn2)c1. The average molecular weight is 324 g/mol. The van der Waals surface area contributed by atoms with Gasteiger partial charge in [0.25, 0.3) is 5.91 Å². The summed E-state index contributed by atoms with van der Waals surface area (Å²) in [6.07, 6.45) is 1.38. The lowest BCUT2D eigenvalue weighted by molar-refractivity contribution is 0.102. The van der Waals surface area contributed by atoms with Crippen LogP contribution in [-0.4, -0.2) is 15.9 Å². The maximum atomic E-state index is 12.3. The minimum absolute atomic E-state index is 0.277. The molecule has 0 aliphatic heterocycles. The first-order valence-electron chi connectivity index (χ1n) is 7.08. The van der Waals surface area contributed by atoms with Gasteiger partial charge in [0, 0.05) is 16.3 Å². The van der Waals surface area contributed by atoms with Gasteiger partial charge >= 0.3 is 0 Å². The van der Waals surface area contributed by atoms with Crippen LogP contribution in [0.2, 0.25) is 5.02 Å². The quantitative estimate of drug-likeness (QED) is 0.779. The molecular formula is C18H14ClN3O. The van der Waals surface area contributed by atoms with Crippen molar-refractivity contribution in [3.8, 4) is 11.3 Å². The van der Waals surface area contributed by atoms with Gasteiger partial charge in [-0.05, 0) is 42.8 Å². The zero-order chi connectivity index (χ0) is 16.2. The Hall–Kier alpha value is -2.72. The largest absolute Gasteiger partial charge is 0.321 e. The number of aryl methyl sites for hydroxylation is 1. The first-order valence-corrected chi connectivity index (χ1v) is 7.45. The molecule has 0 radical (unpaired) electrons. The highest BCUT2D eigenvalue weighted by Crippen LogP contribution is 2.21. The topological polar surface area (TPSA) is 54.9 Å². The van der Waals surface area contributed by atoms with Crippen molar-refractivity contribution in [2.75, 3.05) is 5.32 Å². The first kappa shape index (κ1) is 15.2. The highest BCUT2D eigenvalue weighted by Gasteiger charge is 2.10. The monoisotopic (exact) mass is 323 g/mol. The zero-order valence-corrected chi connectivity index (χ0v) is 13.2. The molecule has 5 heteroatoms. The Labute approximate surface area is 139 Å². The molecule has 3 aromatic rings. The molecule has 0 aliphatic rings. The second-order valence-corrected chi connectivity index (χ2v) is 5.56. The summed E-state index contributed by atoms with van der Waals surface area (Å²) in [6, 6.07) is 16.6. The maximum Gasteiger partial charge on any atom is 0.274 e. The van der Waals surface area contributed by atoms with Crippen molar-refractivity contribution in [1.29, 1.82) is 0 Å². The van der Waals surface area contributed by atoms with Gasteiger partial charge in [-0.25, -0.2) is 9.97 Å². The normalized spacial score (nSPS) is 10.3. The van der Waals surface area contributed by atoms with Crippen LogP contribution in [0.4, 0.5) is 5.69 Å². The number of nitrogens with one attached hydrogen (secondary N) is 1. The van der Waals surface area contributed by atoms with Crippen LogP contribution in [0.25, 0.3) is 11.3 Å². The summed E-state index contributed by atoms with van der Waals surface area (Å²) in [7, 11) is 0. The Morgan fingerprint density at radius 1 is 1.04 bits per heavy atom. The van der Waals surface area contributed by atoms with E-state index in [4.69, 9.17) is 11.6 Å². The molecule has 0 saturated carbocycles. The van der Waals surface area contributed by atoms with Crippen LogP contribution in [0.3, 0.4) is 0 Å². The molecule has 1 N–H and O–H groups in total. The van der Waals surface area contributed by atoms with Gasteiger partial charge in [-0.15, -0.1) is 0 Å². The molecule has 0 bridgehead atoms. The predicted molar refractivity (Wildman–Crippen MR) is 91.6 cm³/mol. The molecule has 1 amide bonds. The Bertz CT molecular complexity index is 864. The van der Waals surface area contributed by atoms with Crippen molar-refractivity contribution in [3.05, 3.63) is 77.2 Å². The Morgan fingerprint density at radius 2 is 1.87 bits per heavy atom. The average Bonchev–Trinajstić information content (AvgIpc) is 2.55. The molecular weight excluding hydrogens is 310 g/mol. The molecule has 4 nitrogen and oxygen atoms in total. The van der Waals surface area contributed by atoms with Crippen molar-refractivity contribution in [2.45, 2.75) is 6.92 Å².